The first-order chi connectivity index (χ1) is 18.5. The second-order valence-corrected chi connectivity index (χ2v) is 9.94. The largest absolute Gasteiger partial charge is 0.426 e. The van der Waals surface area contributed by atoms with Crippen molar-refractivity contribution < 1.29 is 24.5 Å². The van der Waals surface area contributed by atoms with Gasteiger partial charge in [0, 0.05) is 23.4 Å². The Kier molecular flexibility index (Phi) is 6.27. The van der Waals surface area contributed by atoms with Crippen LogP contribution >= 0.6 is 0 Å². The zero-order valence-electron chi connectivity index (χ0n) is 20.5. The number of carbonyl (C=O) groups is 2. The van der Waals surface area contributed by atoms with E-state index >= 15 is 0 Å². The lowest BCUT2D eigenvalue weighted by atomic mass is 9.52. The van der Waals surface area contributed by atoms with Gasteiger partial charge < -0.3 is 20.3 Å². The standard InChI is InChI=1S/C32H27NO5/c34-26-18-23-15-14-22(17-25(23)33-26)21-12-7-13-24(16-21)38-32(37)30-27(19-8-3-1-4-9-19)29(31(35)36)28(30)20-10-5-2-6-11-20/h1-17,27-31,35-36H,18H2,(H,33,34)/t27-,28?,29-,30-/m1/s1. The van der Waals surface area contributed by atoms with Crippen LogP contribution in [0.1, 0.15) is 28.5 Å². The summed E-state index contributed by atoms with van der Waals surface area (Å²) in [4.78, 5) is 25.5. The van der Waals surface area contributed by atoms with E-state index in [2.05, 4.69) is 5.32 Å². The minimum atomic E-state index is -1.59. The third-order valence-corrected chi connectivity index (χ3v) is 7.71. The average Bonchev–Trinajstić information content (AvgIpc) is 3.28. The number of benzene rings is 4. The van der Waals surface area contributed by atoms with Gasteiger partial charge in [0.2, 0.25) is 5.91 Å². The maximum Gasteiger partial charge on any atom is 0.315 e. The molecule has 1 aliphatic heterocycles. The highest BCUT2D eigenvalue weighted by Crippen LogP contribution is 2.58. The lowest BCUT2D eigenvalue weighted by molar-refractivity contribution is -0.168. The molecule has 6 rings (SSSR count). The molecular weight excluding hydrogens is 478 g/mol. The van der Waals surface area contributed by atoms with Crippen molar-refractivity contribution >= 4 is 17.6 Å². The number of hydrogen-bond donors (Lipinski definition) is 3. The molecular formula is C32H27NO5. The molecule has 0 aromatic heterocycles. The van der Waals surface area contributed by atoms with Gasteiger partial charge >= 0.3 is 5.97 Å². The molecule has 1 aliphatic carbocycles. The van der Waals surface area contributed by atoms with E-state index in [1.54, 1.807) is 6.07 Å². The summed E-state index contributed by atoms with van der Waals surface area (Å²) in [6.07, 6.45) is -1.21. The van der Waals surface area contributed by atoms with Crippen LogP contribution < -0.4 is 10.1 Å². The number of hydrogen-bond acceptors (Lipinski definition) is 5. The normalized spacial score (nSPS) is 21.9. The Morgan fingerprint density at radius 3 is 2.05 bits per heavy atom. The Morgan fingerprint density at radius 1 is 0.789 bits per heavy atom. The summed E-state index contributed by atoms with van der Waals surface area (Å²) < 4.78 is 5.95. The first-order valence-corrected chi connectivity index (χ1v) is 12.7. The summed E-state index contributed by atoms with van der Waals surface area (Å²) in [5, 5.41) is 23.6. The first kappa shape index (κ1) is 24.1. The van der Waals surface area contributed by atoms with E-state index in [-0.39, 0.29) is 5.91 Å². The fourth-order valence-electron chi connectivity index (χ4n) is 5.97. The van der Waals surface area contributed by atoms with Crippen LogP contribution in [0.25, 0.3) is 11.1 Å². The summed E-state index contributed by atoms with van der Waals surface area (Å²) >= 11 is 0. The molecule has 0 saturated heterocycles. The van der Waals surface area contributed by atoms with Gasteiger partial charge in [0.05, 0.1) is 12.3 Å². The molecule has 4 atom stereocenters. The van der Waals surface area contributed by atoms with Crippen LogP contribution in [-0.2, 0) is 16.0 Å². The second-order valence-electron chi connectivity index (χ2n) is 9.94. The summed E-state index contributed by atoms with van der Waals surface area (Å²) in [5.41, 5.74) is 5.26. The molecule has 1 saturated carbocycles. The Hall–Kier alpha value is -4.26. The number of anilines is 1. The van der Waals surface area contributed by atoms with Crippen LogP contribution in [-0.4, -0.2) is 28.4 Å². The van der Waals surface area contributed by atoms with E-state index in [1.807, 2.05) is 97.1 Å². The van der Waals surface area contributed by atoms with E-state index in [4.69, 9.17) is 4.74 Å². The van der Waals surface area contributed by atoms with Crippen LogP contribution in [0.4, 0.5) is 5.69 Å². The van der Waals surface area contributed by atoms with Crippen LogP contribution in [0.2, 0.25) is 0 Å². The topological polar surface area (TPSA) is 95.9 Å². The fraction of sp³-hybridized carbons (Fsp3) is 0.188. The third kappa shape index (κ3) is 4.38. The molecule has 4 aromatic carbocycles. The molecule has 0 radical (unpaired) electrons. The van der Waals surface area contributed by atoms with Gasteiger partial charge in [0.25, 0.3) is 0 Å². The van der Waals surface area contributed by atoms with Gasteiger partial charge in [-0.2, -0.15) is 0 Å². The Bertz CT molecular complexity index is 1440. The Morgan fingerprint density at radius 2 is 1.42 bits per heavy atom. The van der Waals surface area contributed by atoms with Crippen LogP contribution in [0.15, 0.2) is 103 Å². The summed E-state index contributed by atoms with van der Waals surface area (Å²) in [5.74, 6) is -1.98. The molecule has 1 unspecified atom stereocenters. The zero-order valence-corrected chi connectivity index (χ0v) is 20.5. The number of rotatable bonds is 6. The molecule has 38 heavy (non-hydrogen) atoms. The number of esters is 1. The Labute approximate surface area is 220 Å². The number of aliphatic hydroxyl groups is 2. The van der Waals surface area contributed by atoms with Crippen molar-refractivity contribution in [3.8, 4) is 16.9 Å². The van der Waals surface area contributed by atoms with Gasteiger partial charge in [-0.25, -0.2) is 0 Å². The highest BCUT2D eigenvalue weighted by atomic mass is 16.5. The summed E-state index contributed by atoms with van der Waals surface area (Å²) in [6.45, 7) is 0. The van der Waals surface area contributed by atoms with Gasteiger partial charge in [0.15, 0.2) is 6.29 Å². The molecule has 6 heteroatoms. The Balaban J connectivity index is 1.31. The van der Waals surface area contributed by atoms with Crippen LogP contribution in [0.5, 0.6) is 5.75 Å². The van der Waals surface area contributed by atoms with Gasteiger partial charge in [-0.15, -0.1) is 0 Å². The van der Waals surface area contributed by atoms with E-state index in [9.17, 15) is 19.8 Å². The molecule has 1 heterocycles. The predicted molar refractivity (Wildman–Crippen MR) is 143 cm³/mol. The predicted octanol–water partition coefficient (Wildman–Crippen LogP) is 4.88. The minimum absolute atomic E-state index is 0.0208. The van der Waals surface area contributed by atoms with Gasteiger partial charge in [-0.05, 0) is 46.0 Å². The SMILES string of the molecule is O=C1Cc2ccc(-c3cccc(OC(=O)[C@H]4C(c5ccccc5)[C@H](C(O)O)[C@H]4c4ccccc4)c3)cc2N1. The molecule has 4 aromatic rings. The van der Waals surface area contributed by atoms with Gasteiger partial charge in [-0.1, -0.05) is 84.9 Å². The smallest absolute Gasteiger partial charge is 0.315 e. The summed E-state index contributed by atoms with van der Waals surface area (Å²) in [7, 11) is 0. The summed E-state index contributed by atoms with van der Waals surface area (Å²) in [6, 6.07) is 32.1. The van der Waals surface area contributed by atoms with Crippen molar-refractivity contribution in [1.29, 1.82) is 0 Å². The van der Waals surface area contributed by atoms with Crippen molar-refractivity contribution in [1.82, 2.24) is 0 Å². The number of nitrogens with one attached hydrogen (secondary N) is 1. The average molecular weight is 506 g/mol. The highest BCUT2D eigenvalue weighted by molar-refractivity contribution is 6.00. The van der Waals surface area contributed by atoms with Crippen LogP contribution in [0.3, 0.4) is 0 Å². The molecule has 0 spiro atoms. The lowest BCUT2D eigenvalue weighted by Crippen LogP contribution is -2.53. The molecule has 190 valence electrons. The van der Waals surface area contributed by atoms with Crippen molar-refractivity contribution in [2.45, 2.75) is 24.5 Å². The van der Waals surface area contributed by atoms with Gasteiger partial charge in [0.1, 0.15) is 5.75 Å². The molecule has 0 bridgehead atoms. The van der Waals surface area contributed by atoms with Crippen molar-refractivity contribution in [3.63, 3.8) is 0 Å². The molecule has 2 aliphatic rings. The molecule has 1 fully saturated rings. The maximum absolute atomic E-state index is 13.7. The maximum atomic E-state index is 13.7. The van der Waals surface area contributed by atoms with Crippen molar-refractivity contribution in [2.75, 3.05) is 5.32 Å². The number of ether oxygens (including phenoxy) is 1. The first-order valence-electron chi connectivity index (χ1n) is 12.7. The fourth-order valence-corrected chi connectivity index (χ4v) is 5.97. The zero-order chi connectivity index (χ0) is 26.2. The monoisotopic (exact) mass is 505 g/mol. The molecule has 1 amide bonds. The van der Waals surface area contributed by atoms with Crippen LogP contribution in [0, 0.1) is 11.8 Å². The number of aliphatic hydroxyl groups excluding tert-OH is 1. The van der Waals surface area contributed by atoms with Crippen molar-refractivity contribution in [2.24, 2.45) is 11.8 Å². The minimum Gasteiger partial charge on any atom is -0.426 e. The van der Waals surface area contributed by atoms with Gasteiger partial charge in [-0.3, -0.25) is 9.59 Å². The number of amides is 1. The van der Waals surface area contributed by atoms with E-state index in [0.717, 1.165) is 33.5 Å². The number of carbonyl (C=O) groups excluding carboxylic acids is 2. The van der Waals surface area contributed by atoms with E-state index in [0.29, 0.717) is 12.2 Å². The molecule has 3 N–H and O–H groups in total. The second kappa shape index (κ2) is 9.89. The van der Waals surface area contributed by atoms with E-state index < -0.39 is 35.9 Å². The third-order valence-electron chi connectivity index (χ3n) is 7.71. The quantitative estimate of drug-likeness (QED) is 0.197. The van der Waals surface area contributed by atoms with E-state index in [1.165, 1.54) is 0 Å². The highest BCUT2D eigenvalue weighted by Gasteiger charge is 2.58. The lowest BCUT2D eigenvalue weighted by Gasteiger charge is -2.51. The molecule has 6 nitrogen and oxygen atoms in total. The number of fused-ring (bicyclic) bond motifs is 1. The van der Waals surface area contributed by atoms with Crippen molar-refractivity contribution in [3.05, 3.63) is 120 Å².